The summed E-state index contributed by atoms with van der Waals surface area (Å²) in [5.41, 5.74) is 5.79. The van der Waals surface area contributed by atoms with Crippen molar-refractivity contribution in [3.05, 3.63) is 77.6 Å². The van der Waals surface area contributed by atoms with Crippen LogP contribution in [0, 0.1) is 0 Å². The van der Waals surface area contributed by atoms with Crippen molar-refractivity contribution in [2.75, 3.05) is 18.9 Å². The van der Waals surface area contributed by atoms with Crippen LogP contribution in [-0.4, -0.2) is 35.5 Å². The van der Waals surface area contributed by atoms with E-state index in [-0.39, 0.29) is 5.41 Å². The van der Waals surface area contributed by atoms with Gasteiger partial charge in [0, 0.05) is 23.7 Å². The first-order chi connectivity index (χ1) is 12.6. The van der Waals surface area contributed by atoms with E-state index in [1.807, 2.05) is 0 Å². The van der Waals surface area contributed by atoms with Crippen LogP contribution in [0.1, 0.15) is 30.0 Å². The van der Waals surface area contributed by atoms with E-state index in [4.69, 9.17) is 0 Å². The number of hydrogen-bond donors (Lipinski definition) is 1. The van der Waals surface area contributed by atoms with Crippen LogP contribution in [0.25, 0.3) is 0 Å². The molecule has 0 aromatic heterocycles. The number of anilines is 1. The molecule has 134 valence electrons. The average molecular weight is 345 g/mol. The molecule has 1 aliphatic carbocycles. The summed E-state index contributed by atoms with van der Waals surface area (Å²) in [5, 5.41) is 3.57. The Morgan fingerprint density at radius 1 is 1.08 bits per heavy atom. The van der Waals surface area contributed by atoms with Crippen LogP contribution in [-0.2, 0) is 18.4 Å². The molecule has 3 nitrogen and oxygen atoms in total. The lowest BCUT2D eigenvalue weighted by molar-refractivity contribution is 0.00279. The van der Waals surface area contributed by atoms with Crippen molar-refractivity contribution in [2.45, 2.75) is 43.8 Å². The zero-order chi connectivity index (χ0) is 17.9. The number of piperidine rings is 1. The van der Waals surface area contributed by atoms with Crippen molar-refractivity contribution < 1.29 is 0 Å². The molecule has 3 heteroatoms. The first kappa shape index (κ1) is 16.0. The van der Waals surface area contributed by atoms with Crippen LogP contribution < -0.4 is 5.32 Å². The number of likely N-dealkylation sites (N-methyl/N-ethyl adjacent to an activating group) is 1. The topological polar surface area (TPSA) is 18.5 Å². The van der Waals surface area contributed by atoms with E-state index in [9.17, 15) is 0 Å². The molecule has 26 heavy (non-hydrogen) atoms. The van der Waals surface area contributed by atoms with Gasteiger partial charge in [0.05, 0.1) is 11.9 Å². The van der Waals surface area contributed by atoms with Crippen molar-refractivity contribution in [3.63, 3.8) is 0 Å². The van der Waals surface area contributed by atoms with Gasteiger partial charge in [0.15, 0.2) is 0 Å². The maximum absolute atomic E-state index is 4.41. The Kier molecular flexibility index (Phi) is 3.45. The molecule has 3 aliphatic rings. The maximum Gasteiger partial charge on any atom is 0.0989 e. The molecule has 0 radical (unpaired) electrons. The van der Waals surface area contributed by atoms with Gasteiger partial charge in [-0.1, -0.05) is 56.0 Å². The predicted octanol–water partition coefficient (Wildman–Crippen LogP) is 3.97. The summed E-state index contributed by atoms with van der Waals surface area (Å²) in [7, 11) is 2.29. The van der Waals surface area contributed by atoms with Crippen LogP contribution >= 0.6 is 0 Å². The van der Waals surface area contributed by atoms with Gasteiger partial charge in [-0.25, -0.2) is 0 Å². The largest absolute Gasteiger partial charge is 0.349 e. The van der Waals surface area contributed by atoms with Crippen molar-refractivity contribution in [1.29, 1.82) is 0 Å². The Bertz CT molecular complexity index is 873. The molecule has 1 saturated heterocycles. The van der Waals surface area contributed by atoms with E-state index in [1.165, 1.54) is 23.2 Å². The molecule has 5 rings (SSSR count). The molecule has 2 aromatic carbocycles. The Labute approximate surface area is 156 Å². The number of rotatable bonds is 1. The van der Waals surface area contributed by atoms with Gasteiger partial charge >= 0.3 is 0 Å². The third kappa shape index (κ3) is 2.16. The van der Waals surface area contributed by atoms with Gasteiger partial charge in [-0.15, -0.1) is 0 Å². The zero-order valence-corrected chi connectivity index (χ0v) is 15.7. The van der Waals surface area contributed by atoms with Crippen molar-refractivity contribution in [1.82, 2.24) is 9.80 Å². The van der Waals surface area contributed by atoms with E-state index in [0.29, 0.717) is 12.1 Å². The maximum atomic E-state index is 4.41. The molecule has 3 atom stereocenters. The monoisotopic (exact) mass is 345 g/mol. The standard InChI is InChI=1S/C23H27N3/c1-16-24-20-11-7-5-9-18(20)15-26(16)22-21-14-17-8-4-6-10-19(17)23(22,2)12-13-25(21)3/h4-11,21-22,24H,1,12-15H2,2-3H3/t21?,22-,23+/m0/s1. The number of likely N-dealkylation sites (tertiary alicyclic amines) is 1. The Hall–Kier alpha value is -2.26. The second kappa shape index (κ2) is 5.62. The number of para-hydroxylation sites is 1. The van der Waals surface area contributed by atoms with Crippen molar-refractivity contribution in [2.24, 2.45) is 0 Å². The number of nitrogens with one attached hydrogen (secondary N) is 1. The van der Waals surface area contributed by atoms with Gasteiger partial charge < -0.3 is 15.1 Å². The summed E-state index contributed by atoms with van der Waals surface area (Å²) in [5.74, 6) is 1.04. The fourth-order valence-corrected chi connectivity index (χ4v) is 5.53. The van der Waals surface area contributed by atoms with Crippen LogP contribution in [0.3, 0.4) is 0 Å². The molecule has 0 saturated carbocycles. The van der Waals surface area contributed by atoms with Crippen molar-refractivity contribution in [3.8, 4) is 0 Å². The molecular formula is C23H27N3. The first-order valence-corrected chi connectivity index (χ1v) is 9.67. The Balaban J connectivity index is 1.61. The first-order valence-electron chi connectivity index (χ1n) is 9.67. The second-order valence-electron chi connectivity index (χ2n) is 8.38. The summed E-state index contributed by atoms with van der Waals surface area (Å²) in [4.78, 5) is 5.11. The molecule has 1 N–H and O–H groups in total. The summed E-state index contributed by atoms with van der Waals surface area (Å²) >= 11 is 0. The zero-order valence-electron chi connectivity index (χ0n) is 15.7. The number of hydrogen-bond acceptors (Lipinski definition) is 3. The fraction of sp³-hybridized carbons (Fsp3) is 0.391. The van der Waals surface area contributed by atoms with Crippen molar-refractivity contribution >= 4 is 5.69 Å². The molecule has 2 aliphatic heterocycles. The average Bonchev–Trinajstić information content (AvgIpc) is 2.65. The van der Waals surface area contributed by atoms with Gasteiger partial charge in [-0.2, -0.15) is 0 Å². The summed E-state index contributed by atoms with van der Waals surface area (Å²) in [6.45, 7) is 8.98. The van der Waals surface area contributed by atoms with Crippen LogP contribution in [0.2, 0.25) is 0 Å². The molecule has 1 unspecified atom stereocenters. The highest BCUT2D eigenvalue weighted by Gasteiger charge is 2.52. The molecule has 1 fully saturated rings. The van der Waals surface area contributed by atoms with Gasteiger partial charge in [0.1, 0.15) is 0 Å². The SMILES string of the molecule is C=C1Nc2ccccc2CN1[C@H]1C2Cc3ccccc3[C@@]1(C)CCN2C. The summed E-state index contributed by atoms with van der Waals surface area (Å²) < 4.78 is 0. The van der Waals surface area contributed by atoms with Gasteiger partial charge in [-0.05, 0) is 49.2 Å². The molecule has 0 amide bonds. The minimum Gasteiger partial charge on any atom is -0.349 e. The lowest BCUT2D eigenvalue weighted by Gasteiger charge is -2.59. The van der Waals surface area contributed by atoms with Crippen LogP contribution in [0.15, 0.2) is 60.9 Å². The molecule has 2 heterocycles. The van der Waals surface area contributed by atoms with E-state index in [2.05, 4.69) is 84.2 Å². The van der Waals surface area contributed by atoms with Gasteiger partial charge in [-0.3, -0.25) is 0 Å². The Morgan fingerprint density at radius 3 is 2.65 bits per heavy atom. The fourth-order valence-electron chi connectivity index (χ4n) is 5.53. The minimum absolute atomic E-state index is 0.156. The van der Waals surface area contributed by atoms with Crippen LogP contribution in [0.4, 0.5) is 5.69 Å². The summed E-state index contributed by atoms with van der Waals surface area (Å²) in [6.07, 6.45) is 2.31. The van der Waals surface area contributed by atoms with E-state index in [0.717, 1.165) is 25.3 Å². The normalized spacial score (nSPS) is 30.4. The smallest absolute Gasteiger partial charge is 0.0989 e. The highest BCUT2D eigenvalue weighted by atomic mass is 15.3. The molecule has 0 spiro atoms. The predicted molar refractivity (Wildman–Crippen MR) is 107 cm³/mol. The van der Waals surface area contributed by atoms with Gasteiger partial charge in [0.2, 0.25) is 0 Å². The number of nitrogens with zero attached hydrogens (tertiary/aromatic N) is 2. The highest BCUT2D eigenvalue weighted by Crippen LogP contribution is 2.48. The minimum atomic E-state index is 0.156. The number of fused-ring (bicyclic) bond motifs is 5. The molecule has 2 aromatic rings. The third-order valence-electron chi connectivity index (χ3n) is 6.95. The van der Waals surface area contributed by atoms with Crippen LogP contribution in [0.5, 0.6) is 0 Å². The lowest BCUT2D eigenvalue weighted by atomic mass is 9.61. The summed E-state index contributed by atoms with van der Waals surface area (Å²) in [6, 6.07) is 18.7. The van der Waals surface area contributed by atoms with E-state index in [1.54, 1.807) is 5.56 Å². The van der Waals surface area contributed by atoms with Gasteiger partial charge in [0.25, 0.3) is 0 Å². The highest BCUT2D eigenvalue weighted by molar-refractivity contribution is 5.57. The number of benzene rings is 2. The van der Waals surface area contributed by atoms with E-state index >= 15 is 0 Å². The Morgan fingerprint density at radius 2 is 1.81 bits per heavy atom. The van der Waals surface area contributed by atoms with E-state index < -0.39 is 0 Å². The third-order valence-corrected chi connectivity index (χ3v) is 6.95. The second-order valence-corrected chi connectivity index (χ2v) is 8.38. The quantitative estimate of drug-likeness (QED) is 0.844. The lowest BCUT2D eigenvalue weighted by Crippen LogP contribution is -2.67. The molecule has 2 bridgehead atoms. The molecular weight excluding hydrogens is 318 g/mol.